The average molecular weight is 305 g/mol. The van der Waals surface area contributed by atoms with Crippen LogP contribution in [-0.4, -0.2) is 4.57 Å². The smallest absolute Gasteiger partial charge is 0.0575 e. The fraction of sp³-hybridized carbons (Fsp3) is 0.0435. The molecule has 0 aliphatic carbocycles. The minimum Gasteiger partial charge on any atom is -0.343 e. The first-order valence-corrected chi connectivity index (χ1v) is 8.37. The molecule has 112 valence electrons. The molecule has 0 amide bonds. The average Bonchev–Trinajstić information content (AvgIpc) is 2.94. The van der Waals surface area contributed by atoms with Crippen LogP contribution in [0.1, 0.15) is 0 Å². The largest absolute Gasteiger partial charge is 0.343 e. The van der Waals surface area contributed by atoms with E-state index in [2.05, 4.69) is 84.4 Å². The summed E-state index contributed by atoms with van der Waals surface area (Å²) >= 11 is 0. The first-order valence-electron chi connectivity index (χ1n) is 8.37. The summed E-state index contributed by atoms with van der Waals surface area (Å²) < 4.78 is 2.36. The maximum Gasteiger partial charge on any atom is 0.0575 e. The summed E-state index contributed by atoms with van der Waals surface area (Å²) in [6.07, 6.45) is 0. The normalized spacial score (nSPS) is 12.4. The van der Waals surface area contributed by atoms with Crippen molar-refractivity contribution in [1.82, 2.24) is 4.57 Å². The third-order valence-electron chi connectivity index (χ3n) is 5.52. The Morgan fingerprint density at radius 3 is 1.96 bits per heavy atom. The molecule has 0 unspecified atom stereocenters. The van der Waals surface area contributed by atoms with E-state index in [-0.39, 0.29) is 0 Å². The number of hydrogen-bond acceptors (Lipinski definition) is 0. The van der Waals surface area contributed by atoms with Crippen LogP contribution in [-0.2, 0) is 7.05 Å². The van der Waals surface area contributed by atoms with Gasteiger partial charge in [0, 0.05) is 28.7 Å². The van der Waals surface area contributed by atoms with Crippen molar-refractivity contribution in [3.8, 4) is 0 Å². The minimum absolute atomic E-state index is 1.30. The number of fused-ring (bicyclic) bond motifs is 5. The van der Waals surface area contributed by atoms with Crippen molar-refractivity contribution in [3.63, 3.8) is 0 Å². The van der Waals surface area contributed by atoms with Gasteiger partial charge in [0.25, 0.3) is 0 Å². The van der Waals surface area contributed by atoms with E-state index in [1.807, 2.05) is 0 Å². The van der Waals surface area contributed by atoms with Gasteiger partial charge in [0.2, 0.25) is 0 Å². The molecule has 1 heteroatoms. The van der Waals surface area contributed by atoms with Gasteiger partial charge in [0.1, 0.15) is 0 Å². The zero-order chi connectivity index (χ0) is 15.8. The Morgan fingerprint density at radius 1 is 0.542 bits per heavy atom. The topological polar surface area (TPSA) is 4.93 Å². The lowest BCUT2D eigenvalue weighted by molar-refractivity contribution is 1.02. The van der Waals surface area contributed by atoms with E-state index in [1.165, 1.54) is 54.1 Å². The summed E-state index contributed by atoms with van der Waals surface area (Å²) in [5.74, 6) is 0. The Labute approximate surface area is 139 Å². The number of para-hydroxylation sites is 1. The molecule has 0 bridgehead atoms. The Balaban J connectivity index is 2.15. The highest BCUT2D eigenvalue weighted by Crippen LogP contribution is 2.43. The number of aromatic nitrogens is 1. The molecule has 1 aromatic heterocycles. The third kappa shape index (κ3) is 1.28. The van der Waals surface area contributed by atoms with Crippen LogP contribution in [0.3, 0.4) is 0 Å². The Morgan fingerprint density at radius 2 is 1.17 bits per heavy atom. The maximum absolute atomic E-state index is 2.36. The second kappa shape index (κ2) is 4.07. The molecule has 1 heterocycles. The number of aryl methyl sites for hydroxylation is 1. The quantitative estimate of drug-likeness (QED) is 0.293. The van der Waals surface area contributed by atoms with Crippen LogP contribution in [0.15, 0.2) is 72.8 Å². The van der Waals surface area contributed by atoms with Gasteiger partial charge in [-0.05, 0) is 33.0 Å². The highest BCUT2D eigenvalue weighted by molar-refractivity contribution is 6.37. The Hall–Kier alpha value is -3.06. The lowest BCUT2D eigenvalue weighted by atomic mass is 9.91. The predicted molar refractivity (Wildman–Crippen MR) is 104 cm³/mol. The van der Waals surface area contributed by atoms with E-state index in [9.17, 15) is 0 Å². The number of benzene rings is 5. The Kier molecular flexibility index (Phi) is 2.10. The van der Waals surface area contributed by atoms with E-state index < -0.39 is 0 Å². The number of nitrogens with zero attached hydrogens (tertiary/aromatic N) is 1. The summed E-state index contributed by atoms with van der Waals surface area (Å²) in [7, 11) is 2.19. The van der Waals surface area contributed by atoms with Crippen molar-refractivity contribution in [2.24, 2.45) is 7.05 Å². The second-order valence-corrected chi connectivity index (χ2v) is 6.67. The van der Waals surface area contributed by atoms with Crippen molar-refractivity contribution in [2.75, 3.05) is 0 Å². The van der Waals surface area contributed by atoms with Gasteiger partial charge in [0.15, 0.2) is 0 Å². The lowest BCUT2D eigenvalue weighted by Crippen LogP contribution is -1.90. The first kappa shape index (κ1) is 12.4. The molecular weight excluding hydrogens is 290 g/mol. The standard InChI is InChI=1S/C23H15N/c1-24-19-11-3-2-8-16(19)22-17-9-4-6-14-12-13-15-7-5-10-18(23(22)24)21(15)20(14)17/h2-13H,1H3. The molecular formula is C23H15N. The molecule has 6 rings (SSSR count). The van der Waals surface area contributed by atoms with Crippen LogP contribution in [0.5, 0.6) is 0 Å². The second-order valence-electron chi connectivity index (χ2n) is 6.67. The van der Waals surface area contributed by atoms with Crippen molar-refractivity contribution in [2.45, 2.75) is 0 Å². The van der Waals surface area contributed by atoms with Gasteiger partial charge < -0.3 is 4.57 Å². The van der Waals surface area contributed by atoms with E-state index in [1.54, 1.807) is 0 Å². The zero-order valence-electron chi connectivity index (χ0n) is 13.4. The molecule has 1 nitrogen and oxygen atoms in total. The molecule has 5 aromatic carbocycles. The molecule has 0 saturated carbocycles. The molecule has 24 heavy (non-hydrogen) atoms. The summed E-state index contributed by atoms with van der Waals surface area (Å²) in [5, 5.41) is 10.9. The minimum atomic E-state index is 1.30. The highest BCUT2D eigenvalue weighted by Gasteiger charge is 2.17. The van der Waals surface area contributed by atoms with Gasteiger partial charge in [0.05, 0.1) is 5.52 Å². The van der Waals surface area contributed by atoms with Crippen LogP contribution < -0.4 is 0 Å². The molecule has 0 spiro atoms. The summed E-state index contributed by atoms with van der Waals surface area (Å²) in [6, 6.07) is 26.6. The van der Waals surface area contributed by atoms with E-state index in [4.69, 9.17) is 0 Å². The predicted octanol–water partition coefficient (Wildman–Crippen LogP) is 6.23. The van der Waals surface area contributed by atoms with Crippen LogP contribution in [0.25, 0.3) is 54.1 Å². The summed E-state index contributed by atoms with van der Waals surface area (Å²) in [4.78, 5) is 0. The molecule has 0 atom stereocenters. The third-order valence-corrected chi connectivity index (χ3v) is 5.52. The molecule has 6 aromatic rings. The zero-order valence-corrected chi connectivity index (χ0v) is 13.4. The van der Waals surface area contributed by atoms with Crippen molar-refractivity contribution < 1.29 is 0 Å². The van der Waals surface area contributed by atoms with E-state index >= 15 is 0 Å². The van der Waals surface area contributed by atoms with Crippen LogP contribution in [0.2, 0.25) is 0 Å². The van der Waals surface area contributed by atoms with Crippen LogP contribution >= 0.6 is 0 Å². The van der Waals surface area contributed by atoms with Gasteiger partial charge >= 0.3 is 0 Å². The highest BCUT2D eigenvalue weighted by atomic mass is 14.9. The SMILES string of the molecule is Cn1c2ccccc2c2c3cccc4ccc5cccc(c5c43)c21. The van der Waals surface area contributed by atoms with Gasteiger partial charge in [-0.1, -0.05) is 66.7 Å². The number of hydrogen-bond donors (Lipinski definition) is 0. The maximum atomic E-state index is 2.36. The molecule has 0 radical (unpaired) electrons. The summed E-state index contributed by atoms with van der Waals surface area (Å²) in [5.41, 5.74) is 2.64. The van der Waals surface area contributed by atoms with Crippen molar-refractivity contribution in [3.05, 3.63) is 72.8 Å². The van der Waals surface area contributed by atoms with Gasteiger partial charge in [-0.15, -0.1) is 0 Å². The fourth-order valence-corrected chi connectivity index (χ4v) is 4.54. The van der Waals surface area contributed by atoms with Gasteiger partial charge in [-0.25, -0.2) is 0 Å². The molecule has 0 saturated heterocycles. The Bertz CT molecular complexity index is 1400. The van der Waals surface area contributed by atoms with Gasteiger partial charge in [-0.2, -0.15) is 0 Å². The van der Waals surface area contributed by atoms with Crippen molar-refractivity contribution in [1.29, 1.82) is 0 Å². The van der Waals surface area contributed by atoms with E-state index in [0.29, 0.717) is 0 Å². The fourth-order valence-electron chi connectivity index (χ4n) is 4.54. The van der Waals surface area contributed by atoms with Crippen LogP contribution in [0, 0.1) is 0 Å². The van der Waals surface area contributed by atoms with Crippen LogP contribution in [0.4, 0.5) is 0 Å². The molecule has 0 N–H and O–H groups in total. The molecule has 0 fully saturated rings. The summed E-state index contributed by atoms with van der Waals surface area (Å²) in [6.45, 7) is 0. The van der Waals surface area contributed by atoms with Gasteiger partial charge in [-0.3, -0.25) is 0 Å². The van der Waals surface area contributed by atoms with Crippen molar-refractivity contribution >= 4 is 54.1 Å². The molecule has 0 aliphatic rings. The monoisotopic (exact) mass is 305 g/mol. The first-order chi connectivity index (χ1) is 11.8. The lowest BCUT2D eigenvalue weighted by Gasteiger charge is -2.13. The van der Waals surface area contributed by atoms with E-state index in [0.717, 1.165) is 0 Å². The number of rotatable bonds is 0. The molecule has 0 aliphatic heterocycles.